The summed E-state index contributed by atoms with van der Waals surface area (Å²) in [5.74, 6) is 1.15. The molecule has 0 aromatic rings. The van der Waals surface area contributed by atoms with E-state index in [1.54, 1.807) is 6.08 Å². The molecule has 0 aromatic heterocycles. The van der Waals surface area contributed by atoms with Gasteiger partial charge in [-0.25, -0.2) is 4.79 Å². The highest BCUT2D eigenvalue weighted by atomic mass is 16.5. The highest BCUT2D eigenvalue weighted by Crippen LogP contribution is 2.15. The molecule has 1 unspecified atom stereocenters. The summed E-state index contributed by atoms with van der Waals surface area (Å²) in [6.07, 6.45) is 13.7. The van der Waals surface area contributed by atoms with Gasteiger partial charge in [0, 0.05) is 6.08 Å². The minimum absolute atomic E-state index is 0.252. The van der Waals surface area contributed by atoms with Gasteiger partial charge in [0.2, 0.25) is 0 Å². The fourth-order valence-electron chi connectivity index (χ4n) is 2.20. The van der Waals surface area contributed by atoms with E-state index in [0.29, 0.717) is 12.5 Å². The number of hydrogen-bond donors (Lipinski definition) is 0. The van der Waals surface area contributed by atoms with E-state index < -0.39 is 0 Å². The highest BCUT2D eigenvalue weighted by molar-refractivity contribution is 5.83. The number of esters is 1. The van der Waals surface area contributed by atoms with Crippen LogP contribution in [0.5, 0.6) is 0 Å². The van der Waals surface area contributed by atoms with Crippen molar-refractivity contribution in [2.24, 2.45) is 11.8 Å². The van der Waals surface area contributed by atoms with Crippen LogP contribution >= 0.6 is 0 Å². The van der Waals surface area contributed by atoms with E-state index in [1.807, 2.05) is 19.9 Å². The van der Waals surface area contributed by atoms with Gasteiger partial charge in [-0.05, 0) is 37.7 Å². The van der Waals surface area contributed by atoms with Gasteiger partial charge in [0.1, 0.15) is 0 Å². The van der Waals surface area contributed by atoms with E-state index in [2.05, 4.69) is 26.8 Å². The van der Waals surface area contributed by atoms with Crippen LogP contribution in [0.2, 0.25) is 0 Å². The average Bonchev–Trinajstić information content (AvgIpc) is 2.40. The SMILES string of the molecule is CCOC(=O)C=C(C)C=CC(C)CCCCCCC(C)C. The number of unbranched alkanes of at least 4 members (excludes halogenated alkanes) is 3. The molecule has 0 saturated heterocycles. The summed E-state index contributed by atoms with van der Waals surface area (Å²) in [7, 11) is 0. The summed E-state index contributed by atoms with van der Waals surface area (Å²) < 4.78 is 4.89. The normalized spacial score (nSPS) is 13.9. The van der Waals surface area contributed by atoms with Crippen molar-refractivity contribution in [1.29, 1.82) is 0 Å². The van der Waals surface area contributed by atoms with Crippen molar-refractivity contribution in [3.8, 4) is 0 Å². The van der Waals surface area contributed by atoms with Crippen LogP contribution < -0.4 is 0 Å². The maximum absolute atomic E-state index is 11.3. The Labute approximate surface area is 131 Å². The van der Waals surface area contributed by atoms with Crippen LogP contribution in [0.1, 0.15) is 73.1 Å². The number of carbonyl (C=O) groups excluding carboxylic acids is 1. The third-order valence-corrected chi connectivity index (χ3v) is 3.51. The van der Waals surface area contributed by atoms with E-state index in [1.165, 1.54) is 38.5 Å². The van der Waals surface area contributed by atoms with Gasteiger partial charge >= 0.3 is 5.97 Å². The molecule has 0 aromatic carbocycles. The van der Waals surface area contributed by atoms with Crippen molar-refractivity contribution < 1.29 is 9.53 Å². The maximum atomic E-state index is 11.3. The lowest BCUT2D eigenvalue weighted by molar-refractivity contribution is -0.137. The van der Waals surface area contributed by atoms with Gasteiger partial charge in [-0.1, -0.05) is 65.0 Å². The quantitative estimate of drug-likeness (QED) is 0.212. The van der Waals surface area contributed by atoms with Gasteiger partial charge in [0.25, 0.3) is 0 Å². The molecule has 2 heteroatoms. The molecule has 0 amide bonds. The molecule has 0 saturated carbocycles. The van der Waals surface area contributed by atoms with E-state index in [4.69, 9.17) is 4.74 Å². The summed E-state index contributed by atoms with van der Waals surface area (Å²) in [5, 5.41) is 0. The fourth-order valence-corrected chi connectivity index (χ4v) is 2.20. The standard InChI is InChI=1S/C19H34O2/c1-6-21-19(20)15-18(5)14-13-17(4)12-10-8-7-9-11-16(2)3/h13-17H,6-12H2,1-5H3. The number of hydrogen-bond acceptors (Lipinski definition) is 2. The van der Waals surface area contributed by atoms with Crippen molar-refractivity contribution in [1.82, 2.24) is 0 Å². The molecule has 0 fully saturated rings. The summed E-state index contributed by atoms with van der Waals surface area (Å²) in [4.78, 5) is 11.3. The molecular weight excluding hydrogens is 260 g/mol. The lowest BCUT2D eigenvalue weighted by atomic mass is 9.99. The van der Waals surface area contributed by atoms with E-state index >= 15 is 0 Å². The minimum atomic E-state index is -0.252. The maximum Gasteiger partial charge on any atom is 0.330 e. The van der Waals surface area contributed by atoms with Crippen LogP contribution in [-0.4, -0.2) is 12.6 Å². The Balaban J connectivity index is 3.80. The first-order valence-electron chi connectivity index (χ1n) is 8.49. The first-order chi connectivity index (χ1) is 9.95. The lowest BCUT2D eigenvalue weighted by Gasteiger charge is -2.07. The largest absolute Gasteiger partial charge is 0.463 e. The molecule has 1 atom stereocenters. The summed E-state index contributed by atoms with van der Waals surface area (Å²) >= 11 is 0. The summed E-state index contributed by atoms with van der Waals surface area (Å²) in [6.45, 7) is 11.0. The van der Waals surface area contributed by atoms with Crippen molar-refractivity contribution in [3.05, 3.63) is 23.8 Å². The highest BCUT2D eigenvalue weighted by Gasteiger charge is 2.00. The fraction of sp³-hybridized carbons (Fsp3) is 0.737. The van der Waals surface area contributed by atoms with Crippen LogP contribution in [0.25, 0.3) is 0 Å². The molecule has 0 N–H and O–H groups in total. The molecule has 21 heavy (non-hydrogen) atoms. The Hall–Kier alpha value is -1.05. The van der Waals surface area contributed by atoms with E-state index in [9.17, 15) is 4.79 Å². The van der Waals surface area contributed by atoms with Crippen molar-refractivity contribution in [2.45, 2.75) is 73.1 Å². The van der Waals surface area contributed by atoms with Crippen LogP contribution in [0.15, 0.2) is 23.8 Å². The Bertz CT molecular complexity index is 326. The molecule has 2 nitrogen and oxygen atoms in total. The summed E-state index contributed by atoms with van der Waals surface area (Å²) in [5.41, 5.74) is 0.956. The zero-order chi connectivity index (χ0) is 16.1. The predicted octanol–water partition coefficient (Wildman–Crippen LogP) is 5.68. The van der Waals surface area contributed by atoms with E-state index in [-0.39, 0.29) is 5.97 Å². The first-order valence-corrected chi connectivity index (χ1v) is 8.49. The van der Waals surface area contributed by atoms with Crippen LogP contribution in [0, 0.1) is 11.8 Å². The van der Waals surface area contributed by atoms with Crippen LogP contribution in [-0.2, 0) is 9.53 Å². The van der Waals surface area contributed by atoms with Gasteiger partial charge in [-0.15, -0.1) is 0 Å². The monoisotopic (exact) mass is 294 g/mol. The molecule has 0 aliphatic carbocycles. The first kappa shape index (κ1) is 19.9. The Morgan fingerprint density at radius 3 is 2.24 bits per heavy atom. The molecule has 0 heterocycles. The molecule has 0 aliphatic rings. The number of rotatable bonds is 11. The number of carbonyl (C=O) groups is 1. The Kier molecular flexibility index (Phi) is 12.0. The van der Waals surface area contributed by atoms with E-state index in [0.717, 1.165) is 11.5 Å². The summed E-state index contributed by atoms with van der Waals surface area (Å²) in [6, 6.07) is 0. The van der Waals surface area contributed by atoms with Crippen molar-refractivity contribution in [3.63, 3.8) is 0 Å². The second kappa shape index (κ2) is 12.7. The van der Waals surface area contributed by atoms with Gasteiger partial charge in [-0.3, -0.25) is 0 Å². The molecule has 0 bridgehead atoms. The third-order valence-electron chi connectivity index (χ3n) is 3.51. The van der Waals surface area contributed by atoms with Crippen molar-refractivity contribution >= 4 is 5.97 Å². The van der Waals surface area contributed by atoms with Gasteiger partial charge in [0.05, 0.1) is 6.61 Å². The minimum Gasteiger partial charge on any atom is -0.463 e. The molecule has 122 valence electrons. The smallest absolute Gasteiger partial charge is 0.330 e. The molecule has 0 rings (SSSR count). The Morgan fingerprint density at radius 1 is 1.05 bits per heavy atom. The predicted molar refractivity (Wildman–Crippen MR) is 91.2 cm³/mol. The van der Waals surface area contributed by atoms with Crippen LogP contribution in [0.4, 0.5) is 0 Å². The van der Waals surface area contributed by atoms with Gasteiger partial charge < -0.3 is 4.74 Å². The second-order valence-electron chi connectivity index (χ2n) is 6.36. The molecular formula is C19H34O2. The average molecular weight is 294 g/mol. The van der Waals surface area contributed by atoms with Crippen LogP contribution in [0.3, 0.4) is 0 Å². The topological polar surface area (TPSA) is 26.3 Å². The zero-order valence-corrected chi connectivity index (χ0v) is 14.7. The number of allylic oxidation sites excluding steroid dienone is 3. The van der Waals surface area contributed by atoms with Crippen molar-refractivity contribution in [2.75, 3.05) is 6.61 Å². The van der Waals surface area contributed by atoms with Gasteiger partial charge in [0.15, 0.2) is 0 Å². The second-order valence-corrected chi connectivity index (χ2v) is 6.36. The number of ether oxygens (including phenoxy) is 1. The van der Waals surface area contributed by atoms with Gasteiger partial charge in [-0.2, -0.15) is 0 Å². The lowest BCUT2D eigenvalue weighted by Crippen LogP contribution is -1.99. The molecule has 0 aliphatic heterocycles. The Morgan fingerprint density at radius 2 is 1.67 bits per heavy atom. The molecule has 0 radical (unpaired) electrons. The molecule has 0 spiro atoms. The third kappa shape index (κ3) is 13.7. The zero-order valence-electron chi connectivity index (χ0n) is 14.7.